The highest BCUT2D eigenvalue weighted by Crippen LogP contribution is 2.09. The van der Waals surface area contributed by atoms with E-state index in [0.29, 0.717) is 11.5 Å². The first-order valence-electron chi connectivity index (χ1n) is 4.58. The van der Waals surface area contributed by atoms with Gasteiger partial charge in [-0.25, -0.2) is 4.68 Å². The highest BCUT2D eigenvalue weighted by Gasteiger charge is 2.08. The maximum absolute atomic E-state index is 11.8. The van der Waals surface area contributed by atoms with Crippen LogP contribution in [0.3, 0.4) is 0 Å². The van der Waals surface area contributed by atoms with Crippen molar-refractivity contribution in [2.24, 2.45) is 7.05 Å². The van der Waals surface area contributed by atoms with Crippen molar-refractivity contribution in [3.8, 4) is 0 Å². The minimum atomic E-state index is -0.186. The van der Waals surface area contributed by atoms with Crippen LogP contribution in [0.2, 0.25) is 0 Å². The van der Waals surface area contributed by atoms with Gasteiger partial charge < -0.3 is 0 Å². The van der Waals surface area contributed by atoms with Crippen LogP contribution in [0.25, 0.3) is 0 Å². The molecule has 0 aliphatic heterocycles. The van der Waals surface area contributed by atoms with Crippen molar-refractivity contribution in [3.63, 3.8) is 0 Å². The number of anilines is 1. The Hall–Kier alpha value is -1.44. The number of aromatic nitrogens is 3. The quantitative estimate of drug-likeness (QED) is 0.853. The molecule has 0 atom stereocenters. The molecule has 0 saturated carbocycles. The molecule has 0 bridgehead atoms. The lowest BCUT2D eigenvalue weighted by atomic mass is 10.2. The van der Waals surface area contributed by atoms with E-state index in [1.807, 2.05) is 18.2 Å². The first kappa shape index (κ1) is 11.1. The van der Waals surface area contributed by atoms with Gasteiger partial charge in [0.2, 0.25) is 5.95 Å². The molecule has 1 aromatic heterocycles. The zero-order chi connectivity index (χ0) is 11.5. The van der Waals surface area contributed by atoms with Crippen LogP contribution in [0.15, 0.2) is 30.6 Å². The van der Waals surface area contributed by atoms with Gasteiger partial charge in [-0.05, 0) is 40.8 Å². The lowest BCUT2D eigenvalue weighted by Gasteiger charge is -2.03. The number of rotatable bonds is 2. The molecule has 16 heavy (non-hydrogen) atoms. The van der Waals surface area contributed by atoms with Crippen LogP contribution in [0.4, 0.5) is 5.95 Å². The van der Waals surface area contributed by atoms with Gasteiger partial charge in [0.15, 0.2) is 0 Å². The van der Waals surface area contributed by atoms with Crippen LogP contribution in [-0.4, -0.2) is 20.7 Å². The average Bonchev–Trinajstić information content (AvgIpc) is 2.64. The summed E-state index contributed by atoms with van der Waals surface area (Å²) in [5, 5.41) is 6.55. The number of carbonyl (C=O) groups is 1. The number of carbonyl (C=O) groups excluding carboxylic acids is 1. The van der Waals surface area contributed by atoms with E-state index in [1.165, 1.54) is 11.0 Å². The van der Waals surface area contributed by atoms with Crippen LogP contribution < -0.4 is 5.32 Å². The van der Waals surface area contributed by atoms with Crippen molar-refractivity contribution in [3.05, 3.63) is 39.7 Å². The minimum absolute atomic E-state index is 0.186. The molecule has 0 aliphatic rings. The van der Waals surface area contributed by atoms with E-state index in [4.69, 9.17) is 0 Å². The van der Waals surface area contributed by atoms with Gasteiger partial charge in [0, 0.05) is 16.2 Å². The first-order chi connectivity index (χ1) is 7.66. The largest absolute Gasteiger partial charge is 0.291 e. The molecule has 0 radical (unpaired) electrons. The van der Waals surface area contributed by atoms with Gasteiger partial charge >= 0.3 is 0 Å². The molecule has 82 valence electrons. The SMILES string of the molecule is Cn1ncnc1NC(=O)c1cccc(I)c1. The Morgan fingerprint density at radius 1 is 1.50 bits per heavy atom. The van der Waals surface area contributed by atoms with Gasteiger partial charge in [0.25, 0.3) is 5.91 Å². The number of nitrogens with zero attached hydrogens (tertiary/aromatic N) is 3. The fourth-order valence-corrected chi connectivity index (χ4v) is 1.76. The third-order valence-corrected chi connectivity index (χ3v) is 2.69. The molecule has 0 aliphatic carbocycles. The number of aryl methyl sites for hydroxylation is 1. The average molecular weight is 328 g/mol. The highest BCUT2D eigenvalue weighted by atomic mass is 127. The van der Waals surface area contributed by atoms with Crippen molar-refractivity contribution < 1.29 is 4.79 Å². The normalized spacial score (nSPS) is 10.1. The van der Waals surface area contributed by atoms with E-state index >= 15 is 0 Å². The standard InChI is InChI=1S/C10H9IN4O/c1-15-10(12-6-13-15)14-9(16)7-3-2-4-8(11)5-7/h2-6H,1H3,(H,12,13,14,16). The maximum atomic E-state index is 11.8. The zero-order valence-corrected chi connectivity index (χ0v) is 10.7. The molecule has 1 amide bonds. The number of hydrogen-bond acceptors (Lipinski definition) is 3. The van der Waals surface area contributed by atoms with Gasteiger partial charge in [-0.2, -0.15) is 10.1 Å². The molecule has 5 nitrogen and oxygen atoms in total. The smallest absolute Gasteiger partial charge is 0.258 e. The van der Waals surface area contributed by atoms with Crippen LogP contribution in [0.5, 0.6) is 0 Å². The summed E-state index contributed by atoms with van der Waals surface area (Å²) in [7, 11) is 1.72. The zero-order valence-electron chi connectivity index (χ0n) is 8.51. The van der Waals surface area contributed by atoms with Crippen LogP contribution in [-0.2, 0) is 7.05 Å². The summed E-state index contributed by atoms with van der Waals surface area (Å²) in [5.41, 5.74) is 0.606. The number of amides is 1. The van der Waals surface area contributed by atoms with Crippen LogP contribution in [0, 0.1) is 3.57 Å². The van der Waals surface area contributed by atoms with Gasteiger partial charge in [0.1, 0.15) is 6.33 Å². The van der Waals surface area contributed by atoms with Gasteiger partial charge in [-0.3, -0.25) is 10.1 Å². The molecule has 6 heteroatoms. The minimum Gasteiger partial charge on any atom is -0.291 e. The summed E-state index contributed by atoms with van der Waals surface area (Å²) in [4.78, 5) is 15.7. The van der Waals surface area contributed by atoms with Gasteiger partial charge in [0.05, 0.1) is 0 Å². The summed E-state index contributed by atoms with van der Waals surface area (Å²) in [6.07, 6.45) is 1.39. The molecule has 0 spiro atoms. The Labute approximate surface area is 106 Å². The number of halogens is 1. The van der Waals surface area contributed by atoms with E-state index in [1.54, 1.807) is 13.1 Å². The van der Waals surface area contributed by atoms with Crippen molar-refractivity contribution in [1.82, 2.24) is 14.8 Å². The van der Waals surface area contributed by atoms with Crippen LogP contribution in [0.1, 0.15) is 10.4 Å². The third-order valence-electron chi connectivity index (χ3n) is 2.02. The molecular weight excluding hydrogens is 319 g/mol. The molecule has 0 fully saturated rings. The van der Waals surface area contributed by atoms with E-state index in [-0.39, 0.29) is 5.91 Å². The first-order valence-corrected chi connectivity index (χ1v) is 5.65. The van der Waals surface area contributed by atoms with Crippen molar-refractivity contribution in [2.45, 2.75) is 0 Å². The second-order valence-electron chi connectivity index (χ2n) is 3.17. The van der Waals surface area contributed by atoms with Gasteiger partial charge in [-0.15, -0.1) is 0 Å². The third kappa shape index (κ3) is 2.38. The lowest BCUT2D eigenvalue weighted by Crippen LogP contribution is -2.15. The van der Waals surface area contributed by atoms with Crippen molar-refractivity contribution >= 4 is 34.4 Å². The number of benzene rings is 1. The van der Waals surface area contributed by atoms with Crippen LogP contribution >= 0.6 is 22.6 Å². The summed E-state index contributed by atoms with van der Waals surface area (Å²) in [6.45, 7) is 0. The Morgan fingerprint density at radius 3 is 2.94 bits per heavy atom. The Balaban J connectivity index is 2.18. The summed E-state index contributed by atoms with van der Waals surface area (Å²) in [5.74, 6) is 0.249. The number of hydrogen-bond donors (Lipinski definition) is 1. The van der Waals surface area contributed by atoms with E-state index in [9.17, 15) is 4.79 Å². The van der Waals surface area contributed by atoms with Gasteiger partial charge in [-0.1, -0.05) is 6.07 Å². The monoisotopic (exact) mass is 328 g/mol. The summed E-state index contributed by atoms with van der Waals surface area (Å²) < 4.78 is 2.52. The second-order valence-corrected chi connectivity index (χ2v) is 4.42. The Morgan fingerprint density at radius 2 is 2.31 bits per heavy atom. The predicted octanol–water partition coefficient (Wildman–Crippen LogP) is 1.67. The fourth-order valence-electron chi connectivity index (χ4n) is 1.21. The summed E-state index contributed by atoms with van der Waals surface area (Å²) in [6, 6.07) is 7.34. The van der Waals surface area contributed by atoms with E-state index in [0.717, 1.165) is 3.57 Å². The van der Waals surface area contributed by atoms with E-state index < -0.39 is 0 Å². The molecule has 0 saturated heterocycles. The topological polar surface area (TPSA) is 59.8 Å². The molecule has 0 unspecified atom stereocenters. The highest BCUT2D eigenvalue weighted by molar-refractivity contribution is 14.1. The lowest BCUT2D eigenvalue weighted by molar-refractivity contribution is 0.102. The second kappa shape index (κ2) is 4.60. The summed E-state index contributed by atoms with van der Waals surface area (Å²) >= 11 is 2.16. The predicted molar refractivity (Wildman–Crippen MR) is 68.1 cm³/mol. The molecular formula is C10H9IN4O. The van der Waals surface area contributed by atoms with Crippen molar-refractivity contribution in [1.29, 1.82) is 0 Å². The van der Waals surface area contributed by atoms with Crippen molar-refractivity contribution in [2.75, 3.05) is 5.32 Å². The molecule has 1 aromatic carbocycles. The maximum Gasteiger partial charge on any atom is 0.258 e. The molecule has 1 N–H and O–H groups in total. The van der Waals surface area contributed by atoms with E-state index in [2.05, 4.69) is 38.0 Å². The Kier molecular flexibility index (Phi) is 3.18. The molecule has 2 rings (SSSR count). The fraction of sp³-hybridized carbons (Fsp3) is 0.100. The Bertz CT molecular complexity index is 523. The molecule has 2 aromatic rings. The number of nitrogens with one attached hydrogen (secondary N) is 1. The molecule has 1 heterocycles.